The van der Waals surface area contributed by atoms with Crippen LogP contribution in [0, 0.1) is 11.8 Å². The Balaban J connectivity index is 1.62. The minimum atomic E-state index is -2.85. The van der Waals surface area contributed by atoms with Crippen LogP contribution in [-0.4, -0.2) is 55.0 Å². The summed E-state index contributed by atoms with van der Waals surface area (Å²) in [6.07, 6.45) is 2.93. The molecule has 5 nitrogen and oxygen atoms in total. The number of amides is 1. The van der Waals surface area contributed by atoms with Gasteiger partial charge in [0.15, 0.2) is 0 Å². The number of rotatable bonds is 2. The number of alkyl halides is 2. The largest absolute Gasteiger partial charge is 0.469 e. The quantitative estimate of drug-likeness (QED) is 0.777. The minimum absolute atomic E-state index is 0.157. The van der Waals surface area contributed by atoms with Crippen LogP contribution in [0.2, 0.25) is 0 Å². The molecule has 0 unspecified atom stereocenters. The van der Waals surface area contributed by atoms with E-state index in [0.717, 1.165) is 0 Å². The predicted molar refractivity (Wildman–Crippen MR) is 74.3 cm³/mol. The highest BCUT2D eigenvalue weighted by molar-refractivity contribution is 5.80. The maximum Gasteiger partial charge on any atom is 0.308 e. The van der Waals surface area contributed by atoms with E-state index >= 15 is 0 Å². The van der Waals surface area contributed by atoms with Gasteiger partial charge in [-0.25, -0.2) is 8.78 Å². The van der Waals surface area contributed by atoms with Crippen LogP contribution < -0.4 is 5.32 Å². The van der Waals surface area contributed by atoms with Crippen molar-refractivity contribution in [1.82, 2.24) is 10.2 Å². The first kappa shape index (κ1) is 15.6. The summed E-state index contributed by atoms with van der Waals surface area (Å²) in [6, 6.07) is -1.29. The Kier molecular flexibility index (Phi) is 4.09. The number of nitrogens with one attached hydrogen (secondary N) is 1. The lowest BCUT2D eigenvalue weighted by molar-refractivity contribution is -0.150. The molecular weight excluding hydrogens is 294 g/mol. The molecule has 0 aromatic heterocycles. The second-order valence-electron chi connectivity index (χ2n) is 6.59. The molecule has 1 N–H and O–H groups in total. The fourth-order valence-electron chi connectivity index (χ4n) is 4.12. The van der Waals surface area contributed by atoms with Gasteiger partial charge in [-0.15, -0.1) is 0 Å². The molecule has 124 valence electrons. The highest BCUT2D eigenvalue weighted by Gasteiger charge is 2.57. The van der Waals surface area contributed by atoms with Crippen LogP contribution in [0.4, 0.5) is 8.78 Å². The molecule has 2 heterocycles. The van der Waals surface area contributed by atoms with Crippen LogP contribution in [0.3, 0.4) is 0 Å². The van der Waals surface area contributed by atoms with Gasteiger partial charge in [0.2, 0.25) is 5.91 Å². The average molecular weight is 316 g/mol. The molecule has 0 aromatic carbocycles. The minimum Gasteiger partial charge on any atom is -0.469 e. The SMILES string of the molecule is COC(=O)C1CCC(C(=O)N2CC[C@@H]3NCC(F)(F)[C@@H]32)CC1. The topological polar surface area (TPSA) is 58.6 Å². The Morgan fingerprint density at radius 1 is 1.14 bits per heavy atom. The first-order valence-electron chi connectivity index (χ1n) is 7.93. The Bertz CT molecular complexity index is 464. The fraction of sp³-hybridized carbons (Fsp3) is 0.867. The van der Waals surface area contributed by atoms with Crippen LogP contribution in [0.25, 0.3) is 0 Å². The number of esters is 1. The third kappa shape index (κ3) is 2.59. The molecule has 1 amide bonds. The van der Waals surface area contributed by atoms with Gasteiger partial charge in [-0.2, -0.15) is 0 Å². The normalized spacial score (nSPS) is 37.0. The number of carbonyl (C=O) groups is 2. The van der Waals surface area contributed by atoms with Crippen LogP contribution in [-0.2, 0) is 14.3 Å². The van der Waals surface area contributed by atoms with Crippen molar-refractivity contribution in [2.75, 3.05) is 20.2 Å². The van der Waals surface area contributed by atoms with Gasteiger partial charge in [0, 0.05) is 18.5 Å². The number of halogens is 2. The molecule has 7 heteroatoms. The van der Waals surface area contributed by atoms with E-state index in [-0.39, 0.29) is 36.3 Å². The average Bonchev–Trinajstić information content (AvgIpc) is 3.08. The molecule has 1 saturated carbocycles. The Morgan fingerprint density at radius 3 is 2.41 bits per heavy atom. The first-order chi connectivity index (χ1) is 10.4. The van der Waals surface area contributed by atoms with E-state index in [0.29, 0.717) is 38.6 Å². The predicted octanol–water partition coefficient (Wildman–Crippen LogP) is 1.17. The molecule has 22 heavy (non-hydrogen) atoms. The Labute approximate surface area is 128 Å². The molecular formula is C15H22F2N2O3. The molecule has 2 aliphatic heterocycles. The molecule has 0 aromatic rings. The van der Waals surface area contributed by atoms with Gasteiger partial charge in [-0.05, 0) is 32.1 Å². The summed E-state index contributed by atoms with van der Waals surface area (Å²) in [7, 11) is 1.36. The molecule has 1 aliphatic carbocycles. The van der Waals surface area contributed by atoms with E-state index in [4.69, 9.17) is 4.74 Å². The summed E-state index contributed by atoms with van der Waals surface area (Å²) in [5, 5.41) is 2.82. The second-order valence-corrected chi connectivity index (χ2v) is 6.59. The van der Waals surface area contributed by atoms with E-state index in [1.165, 1.54) is 12.0 Å². The Morgan fingerprint density at radius 2 is 1.77 bits per heavy atom. The van der Waals surface area contributed by atoms with Crippen molar-refractivity contribution >= 4 is 11.9 Å². The monoisotopic (exact) mass is 316 g/mol. The van der Waals surface area contributed by atoms with Crippen molar-refractivity contribution in [1.29, 1.82) is 0 Å². The molecule has 3 aliphatic rings. The third-order valence-electron chi connectivity index (χ3n) is 5.32. The number of fused-ring (bicyclic) bond motifs is 1. The van der Waals surface area contributed by atoms with E-state index in [9.17, 15) is 18.4 Å². The van der Waals surface area contributed by atoms with E-state index in [1.807, 2.05) is 0 Å². The number of likely N-dealkylation sites (tertiary alicyclic amines) is 1. The standard InChI is InChI=1S/C15H22F2N2O3/c1-22-14(21)10-4-2-9(3-5-10)13(20)19-7-6-11-12(19)15(16,17)8-18-11/h9-12,18H,2-8H2,1H3/t9?,10?,11-,12+/m0/s1. The third-order valence-corrected chi connectivity index (χ3v) is 5.32. The lowest BCUT2D eigenvalue weighted by Gasteiger charge is -2.33. The van der Waals surface area contributed by atoms with Crippen LogP contribution in [0.15, 0.2) is 0 Å². The molecule has 3 fully saturated rings. The second kappa shape index (κ2) is 5.76. The van der Waals surface area contributed by atoms with Gasteiger partial charge in [-0.1, -0.05) is 0 Å². The molecule has 3 rings (SSSR count). The number of hydrogen-bond acceptors (Lipinski definition) is 4. The molecule has 2 saturated heterocycles. The zero-order valence-corrected chi connectivity index (χ0v) is 12.7. The summed E-state index contributed by atoms with van der Waals surface area (Å²) in [6.45, 7) is 0.0505. The Hall–Kier alpha value is -1.24. The van der Waals surface area contributed by atoms with Crippen LogP contribution >= 0.6 is 0 Å². The van der Waals surface area contributed by atoms with Gasteiger partial charge < -0.3 is 15.0 Å². The first-order valence-corrected chi connectivity index (χ1v) is 7.93. The summed E-state index contributed by atoms with van der Waals surface area (Å²) >= 11 is 0. The van der Waals surface area contributed by atoms with Gasteiger partial charge in [0.05, 0.1) is 19.6 Å². The number of carbonyl (C=O) groups excluding carboxylic acids is 2. The number of methoxy groups -OCH3 is 1. The fourth-order valence-corrected chi connectivity index (χ4v) is 4.12. The van der Waals surface area contributed by atoms with Crippen molar-refractivity contribution in [2.45, 2.75) is 50.1 Å². The number of nitrogens with zero attached hydrogens (tertiary/aromatic N) is 1. The van der Waals surface area contributed by atoms with Crippen molar-refractivity contribution in [2.24, 2.45) is 11.8 Å². The highest BCUT2D eigenvalue weighted by atomic mass is 19.3. The highest BCUT2D eigenvalue weighted by Crippen LogP contribution is 2.39. The van der Waals surface area contributed by atoms with Gasteiger partial charge >= 0.3 is 5.97 Å². The number of ether oxygens (including phenoxy) is 1. The molecule has 0 spiro atoms. The lowest BCUT2D eigenvalue weighted by atomic mass is 9.81. The molecule has 2 atom stereocenters. The van der Waals surface area contributed by atoms with Crippen LogP contribution in [0.1, 0.15) is 32.1 Å². The summed E-state index contributed by atoms with van der Waals surface area (Å²) in [5.41, 5.74) is 0. The maximum absolute atomic E-state index is 14.0. The van der Waals surface area contributed by atoms with E-state index < -0.39 is 12.0 Å². The van der Waals surface area contributed by atoms with E-state index in [1.54, 1.807) is 0 Å². The van der Waals surface area contributed by atoms with E-state index in [2.05, 4.69) is 5.32 Å². The summed E-state index contributed by atoms with van der Waals surface area (Å²) in [5.74, 6) is -3.65. The van der Waals surface area contributed by atoms with Crippen molar-refractivity contribution in [3.63, 3.8) is 0 Å². The maximum atomic E-state index is 14.0. The zero-order valence-electron chi connectivity index (χ0n) is 12.7. The molecule has 0 bridgehead atoms. The lowest BCUT2D eigenvalue weighted by Crippen LogP contribution is -2.50. The zero-order chi connectivity index (χ0) is 15.9. The van der Waals surface area contributed by atoms with Crippen molar-refractivity contribution < 1.29 is 23.1 Å². The summed E-state index contributed by atoms with van der Waals surface area (Å²) < 4.78 is 32.7. The van der Waals surface area contributed by atoms with Gasteiger partial charge in [-0.3, -0.25) is 9.59 Å². The summed E-state index contributed by atoms with van der Waals surface area (Å²) in [4.78, 5) is 25.5. The molecule has 0 radical (unpaired) electrons. The van der Waals surface area contributed by atoms with Gasteiger partial charge in [0.25, 0.3) is 5.92 Å². The smallest absolute Gasteiger partial charge is 0.308 e. The number of hydrogen-bond donors (Lipinski definition) is 1. The van der Waals surface area contributed by atoms with Crippen molar-refractivity contribution in [3.05, 3.63) is 0 Å². The van der Waals surface area contributed by atoms with Gasteiger partial charge in [0.1, 0.15) is 6.04 Å². The van der Waals surface area contributed by atoms with Crippen molar-refractivity contribution in [3.8, 4) is 0 Å². The van der Waals surface area contributed by atoms with Crippen LogP contribution in [0.5, 0.6) is 0 Å².